The highest BCUT2D eigenvalue weighted by Gasteiger charge is 2.44. The fourth-order valence-corrected chi connectivity index (χ4v) is 7.15. The first kappa shape index (κ1) is 30.0. The highest BCUT2D eigenvalue weighted by Crippen LogP contribution is 2.37. The molecule has 2 N–H and O–H groups in total. The normalized spacial score (nSPS) is 19.4. The van der Waals surface area contributed by atoms with E-state index < -0.39 is 18.2 Å². The molecule has 3 atom stereocenters. The minimum absolute atomic E-state index is 0.0138. The predicted octanol–water partition coefficient (Wildman–Crippen LogP) is 5.51. The van der Waals surface area contributed by atoms with Crippen LogP contribution in [0.15, 0.2) is 54.6 Å². The van der Waals surface area contributed by atoms with Crippen LogP contribution < -0.4 is 5.32 Å². The lowest BCUT2D eigenvalue weighted by molar-refractivity contribution is -0.143. The van der Waals surface area contributed by atoms with Gasteiger partial charge in [0.1, 0.15) is 12.1 Å². The van der Waals surface area contributed by atoms with Gasteiger partial charge in [0, 0.05) is 37.3 Å². The zero-order chi connectivity index (χ0) is 30.3. The molecule has 2 aromatic carbocycles. The maximum Gasteiger partial charge on any atom is 0.246 e. The third-order valence-corrected chi connectivity index (χ3v) is 9.46. The van der Waals surface area contributed by atoms with E-state index >= 15 is 0 Å². The molecule has 2 amide bonds. The van der Waals surface area contributed by atoms with E-state index in [0.29, 0.717) is 13.1 Å². The van der Waals surface area contributed by atoms with Gasteiger partial charge in [0.25, 0.3) is 0 Å². The van der Waals surface area contributed by atoms with Gasteiger partial charge in [-0.2, -0.15) is 0 Å². The van der Waals surface area contributed by atoms with Crippen molar-refractivity contribution in [1.82, 2.24) is 20.1 Å². The Kier molecular flexibility index (Phi) is 8.32. The number of carbonyl (C=O) groups excluding carboxylic acids is 2. The molecule has 222 valence electrons. The molecular formula is C34H42N4O3S. The van der Waals surface area contributed by atoms with Crippen molar-refractivity contribution in [2.45, 2.75) is 84.7 Å². The van der Waals surface area contributed by atoms with E-state index in [1.165, 1.54) is 0 Å². The summed E-state index contributed by atoms with van der Waals surface area (Å²) in [5.74, 6) is -0.399. The standard InChI is InChI=1S/C34H42N4O3S/c1-20(2)30(37-17-25-10-8-9-11-27(25)22(37)4)33(41)38-18-26(39)15-29(38)32(40)35-16-24-13-12-23(14-28(24)34(5,6)7)31-21(3)36-19-42-31/h8-14,19-20,26,29-30,39H,4,15-18H2,1-3,5-7H3,(H,35,40)/t26-,29+,30+/m1/s1. The molecule has 1 aromatic heterocycles. The Morgan fingerprint density at radius 1 is 1.19 bits per heavy atom. The Morgan fingerprint density at radius 2 is 1.93 bits per heavy atom. The molecule has 0 aliphatic carbocycles. The number of rotatable bonds is 7. The molecule has 0 unspecified atom stereocenters. The van der Waals surface area contributed by atoms with Crippen molar-refractivity contribution in [3.63, 3.8) is 0 Å². The molecule has 2 aliphatic rings. The average molecular weight is 587 g/mol. The fourth-order valence-electron chi connectivity index (χ4n) is 6.34. The van der Waals surface area contributed by atoms with Crippen LogP contribution >= 0.6 is 11.3 Å². The minimum atomic E-state index is -0.747. The van der Waals surface area contributed by atoms with Crippen LogP contribution in [-0.4, -0.2) is 56.4 Å². The summed E-state index contributed by atoms with van der Waals surface area (Å²) in [6.07, 6.45) is -0.525. The Labute approximate surface area is 253 Å². The molecule has 8 heteroatoms. The van der Waals surface area contributed by atoms with Gasteiger partial charge >= 0.3 is 0 Å². The minimum Gasteiger partial charge on any atom is -0.391 e. The maximum absolute atomic E-state index is 14.1. The van der Waals surface area contributed by atoms with Crippen molar-refractivity contribution < 1.29 is 14.7 Å². The van der Waals surface area contributed by atoms with E-state index in [4.69, 9.17) is 0 Å². The monoisotopic (exact) mass is 586 g/mol. The van der Waals surface area contributed by atoms with Gasteiger partial charge in [-0.15, -0.1) is 11.3 Å². The number of fused-ring (bicyclic) bond motifs is 1. The van der Waals surface area contributed by atoms with Crippen molar-refractivity contribution in [2.24, 2.45) is 5.92 Å². The molecule has 7 nitrogen and oxygen atoms in total. The number of benzene rings is 2. The molecule has 1 fully saturated rings. The summed E-state index contributed by atoms with van der Waals surface area (Å²) >= 11 is 1.62. The number of likely N-dealkylation sites (tertiary alicyclic amines) is 1. The van der Waals surface area contributed by atoms with Gasteiger partial charge in [-0.1, -0.05) is 77.6 Å². The number of amides is 2. The smallest absolute Gasteiger partial charge is 0.246 e. The number of aliphatic hydroxyl groups excluding tert-OH is 1. The highest BCUT2D eigenvalue weighted by atomic mass is 32.1. The second-order valence-electron chi connectivity index (χ2n) is 12.9. The van der Waals surface area contributed by atoms with E-state index in [0.717, 1.165) is 44.1 Å². The molecule has 1 saturated heterocycles. The van der Waals surface area contributed by atoms with Gasteiger partial charge in [0.15, 0.2) is 0 Å². The number of hydrogen-bond acceptors (Lipinski definition) is 6. The van der Waals surface area contributed by atoms with E-state index in [-0.39, 0.29) is 36.1 Å². The van der Waals surface area contributed by atoms with Gasteiger partial charge in [0.05, 0.1) is 22.2 Å². The summed E-state index contributed by atoms with van der Waals surface area (Å²) in [6, 6.07) is 13.2. The van der Waals surface area contributed by atoms with E-state index in [1.807, 2.05) is 44.5 Å². The lowest BCUT2D eigenvalue weighted by atomic mass is 9.82. The van der Waals surface area contributed by atoms with Crippen molar-refractivity contribution in [3.8, 4) is 10.4 Å². The summed E-state index contributed by atoms with van der Waals surface area (Å²) in [6.45, 7) is 17.9. The Bertz CT molecular complexity index is 1500. The molecule has 0 bridgehead atoms. The van der Waals surface area contributed by atoms with Crippen LogP contribution in [0.3, 0.4) is 0 Å². The molecule has 3 heterocycles. The Hall–Kier alpha value is -3.49. The first-order valence-electron chi connectivity index (χ1n) is 14.7. The van der Waals surface area contributed by atoms with Crippen molar-refractivity contribution in [2.75, 3.05) is 6.54 Å². The van der Waals surface area contributed by atoms with Gasteiger partial charge in [-0.3, -0.25) is 9.59 Å². The number of thiazole rings is 1. The summed E-state index contributed by atoms with van der Waals surface area (Å²) < 4.78 is 0. The lowest BCUT2D eigenvalue weighted by Crippen LogP contribution is -2.54. The zero-order valence-corrected chi connectivity index (χ0v) is 26.3. The van der Waals surface area contributed by atoms with Gasteiger partial charge in [-0.25, -0.2) is 4.98 Å². The first-order chi connectivity index (χ1) is 19.9. The van der Waals surface area contributed by atoms with Crippen LogP contribution in [0.25, 0.3) is 16.1 Å². The molecule has 2 aliphatic heterocycles. The largest absolute Gasteiger partial charge is 0.391 e. The van der Waals surface area contributed by atoms with Crippen LogP contribution in [0.4, 0.5) is 0 Å². The van der Waals surface area contributed by atoms with Crippen molar-refractivity contribution >= 4 is 28.8 Å². The summed E-state index contributed by atoms with van der Waals surface area (Å²) in [5.41, 5.74) is 9.05. The molecule has 0 saturated carbocycles. The van der Waals surface area contributed by atoms with Crippen LogP contribution in [0.2, 0.25) is 0 Å². The molecule has 0 radical (unpaired) electrons. The second kappa shape index (κ2) is 11.7. The predicted molar refractivity (Wildman–Crippen MR) is 169 cm³/mol. The summed E-state index contributed by atoms with van der Waals surface area (Å²) in [4.78, 5) is 36.9. The summed E-state index contributed by atoms with van der Waals surface area (Å²) in [5, 5.41) is 13.7. The third kappa shape index (κ3) is 5.75. The number of aryl methyl sites for hydroxylation is 1. The summed E-state index contributed by atoms with van der Waals surface area (Å²) in [7, 11) is 0. The van der Waals surface area contributed by atoms with Gasteiger partial charge in [-0.05, 0) is 46.6 Å². The van der Waals surface area contributed by atoms with Crippen LogP contribution in [0, 0.1) is 12.8 Å². The van der Waals surface area contributed by atoms with Crippen molar-refractivity contribution in [1.29, 1.82) is 0 Å². The van der Waals surface area contributed by atoms with Gasteiger partial charge in [0.2, 0.25) is 11.8 Å². The SMILES string of the molecule is C=C1c2ccccc2CN1[C@H](C(=O)N1C[C@H](O)C[C@H]1C(=O)NCc1ccc(-c2scnc2C)cc1C(C)(C)C)C(C)C. The topological polar surface area (TPSA) is 85.8 Å². The highest BCUT2D eigenvalue weighted by molar-refractivity contribution is 7.13. The van der Waals surface area contributed by atoms with Crippen LogP contribution in [-0.2, 0) is 28.1 Å². The number of β-amino-alcohol motifs (C(OH)–C–C–N with tert-alkyl or cyclic N) is 1. The van der Waals surface area contributed by atoms with E-state index in [1.54, 1.807) is 16.2 Å². The molecule has 5 rings (SSSR count). The molecule has 0 spiro atoms. The average Bonchev–Trinajstić information content (AvgIpc) is 3.64. The van der Waals surface area contributed by atoms with Crippen LogP contribution in [0.1, 0.15) is 69.0 Å². The maximum atomic E-state index is 14.1. The quantitative estimate of drug-likeness (QED) is 0.382. The van der Waals surface area contributed by atoms with Crippen molar-refractivity contribution in [3.05, 3.63) is 82.5 Å². The number of carbonyl (C=O) groups is 2. The first-order valence-corrected chi connectivity index (χ1v) is 15.6. The second-order valence-corrected chi connectivity index (χ2v) is 13.8. The van der Waals surface area contributed by atoms with Gasteiger partial charge < -0.3 is 20.2 Å². The van der Waals surface area contributed by atoms with Crippen LogP contribution in [0.5, 0.6) is 0 Å². The number of nitrogens with one attached hydrogen (secondary N) is 1. The zero-order valence-electron chi connectivity index (χ0n) is 25.5. The Morgan fingerprint density at radius 3 is 2.57 bits per heavy atom. The number of aromatic nitrogens is 1. The van der Waals surface area contributed by atoms with E-state index in [9.17, 15) is 14.7 Å². The Balaban J connectivity index is 1.34. The molecular weight excluding hydrogens is 544 g/mol. The number of nitrogens with zero attached hydrogens (tertiary/aromatic N) is 3. The molecule has 3 aromatic rings. The van der Waals surface area contributed by atoms with E-state index in [2.05, 4.69) is 66.8 Å². The lowest BCUT2D eigenvalue weighted by Gasteiger charge is -2.36. The molecule has 42 heavy (non-hydrogen) atoms. The third-order valence-electron chi connectivity index (χ3n) is 8.48. The fraction of sp³-hybridized carbons (Fsp3) is 0.441. The number of aliphatic hydroxyl groups is 1. The number of hydrogen-bond donors (Lipinski definition) is 2.